The highest BCUT2D eigenvalue weighted by atomic mass is 19.3. The van der Waals surface area contributed by atoms with E-state index in [9.17, 15) is 26.3 Å². The minimum atomic E-state index is -2.91. The number of hydrogen-bond acceptors (Lipinski definition) is 0. The van der Waals surface area contributed by atoms with Crippen molar-refractivity contribution in [1.29, 1.82) is 0 Å². The lowest BCUT2D eigenvalue weighted by molar-refractivity contribution is 0.308. The lowest BCUT2D eigenvalue weighted by atomic mass is 10.9. The highest BCUT2D eigenvalue weighted by Crippen LogP contribution is 2.08. The number of hydrogen-bond donors (Lipinski definition) is 0. The third kappa shape index (κ3) is 15.7. The summed E-state index contributed by atoms with van der Waals surface area (Å²) in [5.41, 5.74) is 0. The Bertz CT molecular complexity index is 77.9. The van der Waals surface area contributed by atoms with Gasteiger partial charge in [0, 0.05) is 0 Å². The molecule has 0 N–H and O–H groups in total. The molecule has 10 heavy (non-hydrogen) atoms. The fraction of sp³-hybridized carbons (Fsp3) is 0.500. The Morgan fingerprint density at radius 3 is 0.900 bits per heavy atom. The molecule has 0 aliphatic heterocycles. The second-order valence-electron chi connectivity index (χ2n) is 0.899. The summed E-state index contributed by atoms with van der Waals surface area (Å²) < 4.78 is 61.8. The fourth-order valence-corrected chi connectivity index (χ4v) is 0. The van der Waals surface area contributed by atoms with Crippen molar-refractivity contribution in [3.8, 4) is 0 Å². The van der Waals surface area contributed by atoms with Gasteiger partial charge in [-0.3, -0.25) is 0 Å². The smallest absolute Gasteiger partial charge is 0.248 e. The molecule has 6 heteroatoms. The molecule has 0 aromatic carbocycles. The molecule has 0 nitrogen and oxygen atoms in total. The third-order valence-corrected chi connectivity index (χ3v) is 0.214. The largest absolute Gasteiger partial charge is 0.334 e. The van der Waals surface area contributed by atoms with E-state index in [0.717, 1.165) is 0 Å². The van der Waals surface area contributed by atoms with E-state index < -0.39 is 25.5 Å². The molecule has 0 aromatic rings. The molecule has 0 radical (unpaired) electrons. The molecule has 0 amide bonds. The van der Waals surface area contributed by atoms with Gasteiger partial charge in [-0.15, -0.1) is 0 Å². The molecule has 0 spiro atoms. The van der Waals surface area contributed by atoms with Crippen molar-refractivity contribution in [2.45, 2.75) is 0 Å². The molecular weight excluding hydrogens is 162 g/mol. The zero-order valence-electron chi connectivity index (χ0n) is 4.68. The minimum Gasteiger partial charge on any atom is -0.248 e. The normalized spacial score (nSPS) is 7.80. The Morgan fingerprint density at radius 2 is 0.900 bits per heavy atom. The van der Waals surface area contributed by atoms with Gasteiger partial charge in [-0.25, -0.2) is 8.78 Å². The summed E-state index contributed by atoms with van der Waals surface area (Å²) in [6, 6.07) is 0. The van der Waals surface area contributed by atoms with Gasteiger partial charge in [0.1, 0.15) is 13.3 Å². The van der Waals surface area contributed by atoms with Gasteiger partial charge in [0.15, 0.2) is 0 Å². The van der Waals surface area contributed by atoms with Gasteiger partial charge in [-0.1, -0.05) is 0 Å². The summed E-state index contributed by atoms with van der Waals surface area (Å²) in [4.78, 5) is 0. The topological polar surface area (TPSA) is 0 Å². The van der Waals surface area contributed by atoms with Gasteiger partial charge >= 0.3 is 12.2 Å². The van der Waals surface area contributed by atoms with Crippen molar-refractivity contribution >= 4 is 0 Å². The maximum absolute atomic E-state index is 10.3. The quantitative estimate of drug-likeness (QED) is 0.525. The van der Waals surface area contributed by atoms with Crippen molar-refractivity contribution in [1.82, 2.24) is 0 Å². The standard InChI is InChI=1S/C2F4.C2H4F2/c3-1(4)2(5)6;3-1-2-4/h;1-2H2. The van der Waals surface area contributed by atoms with Crippen molar-refractivity contribution in [3.05, 3.63) is 12.2 Å². The van der Waals surface area contributed by atoms with E-state index >= 15 is 0 Å². The van der Waals surface area contributed by atoms with Gasteiger partial charge in [0.05, 0.1) is 0 Å². The summed E-state index contributed by atoms with van der Waals surface area (Å²) in [5.74, 6) is 0. The van der Waals surface area contributed by atoms with Crippen LogP contribution in [0.5, 0.6) is 0 Å². The first kappa shape index (κ1) is 12.0. The third-order valence-electron chi connectivity index (χ3n) is 0.214. The van der Waals surface area contributed by atoms with Crippen molar-refractivity contribution < 1.29 is 26.3 Å². The first-order valence-electron chi connectivity index (χ1n) is 2.04. The average molecular weight is 166 g/mol. The second-order valence-corrected chi connectivity index (χ2v) is 0.899. The summed E-state index contributed by atoms with van der Waals surface area (Å²) in [6.07, 6.45) is -5.81. The van der Waals surface area contributed by atoms with E-state index in [-0.39, 0.29) is 0 Å². The van der Waals surface area contributed by atoms with Crippen molar-refractivity contribution in [2.75, 3.05) is 13.3 Å². The molecule has 0 atom stereocenters. The van der Waals surface area contributed by atoms with E-state index in [1.807, 2.05) is 0 Å². The Labute approximate surface area is 53.1 Å². The van der Waals surface area contributed by atoms with Gasteiger partial charge in [0.2, 0.25) is 0 Å². The fourth-order valence-electron chi connectivity index (χ4n) is 0. The van der Waals surface area contributed by atoms with Crippen LogP contribution in [0, 0.1) is 0 Å². The van der Waals surface area contributed by atoms with E-state index in [0.29, 0.717) is 0 Å². The van der Waals surface area contributed by atoms with Crippen LogP contribution in [0.2, 0.25) is 0 Å². The first-order valence-corrected chi connectivity index (χ1v) is 2.04. The molecule has 0 heterocycles. The number of halogens is 6. The van der Waals surface area contributed by atoms with Crippen molar-refractivity contribution in [2.24, 2.45) is 0 Å². The van der Waals surface area contributed by atoms with Crippen LogP contribution >= 0.6 is 0 Å². The van der Waals surface area contributed by atoms with Gasteiger partial charge in [0.25, 0.3) is 0 Å². The van der Waals surface area contributed by atoms with Crippen molar-refractivity contribution in [3.63, 3.8) is 0 Å². The molecule has 0 fully saturated rings. The zero-order chi connectivity index (χ0) is 8.57. The van der Waals surface area contributed by atoms with Crippen LogP contribution in [0.25, 0.3) is 0 Å². The number of alkyl halides is 2. The molecule has 0 aliphatic rings. The molecule has 0 bridgehead atoms. The monoisotopic (exact) mass is 166 g/mol. The van der Waals surface area contributed by atoms with Crippen LogP contribution in [-0.2, 0) is 0 Å². The Morgan fingerprint density at radius 1 is 0.700 bits per heavy atom. The molecule has 0 unspecified atom stereocenters. The molecule has 0 aromatic heterocycles. The molecular formula is C4H4F6. The molecule has 0 saturated heterocycles. The van der Waals surface area contributed by atoms with Gasteiger partial charge in [-0.05, 0) is 0 Å². The highest BCUT2D eigenvalue weighted by Gasteiger charge is 1.98. The summed E-state index contributed by atoms with van der Waals surface area (Å²) in [7, 11) is 0. The van der Waals surface area contributed by atoms with Crippen LogP contribution < -0.4 is 0 Å². The van der Waals surface area contributed by atoms with Crippen LogP contribution in [-0.4, -0.2) is 13.3 Å². The maximum Gasteiger partial charge on any atom is 0.334 e. The molecule has 0 aliphatic carbocycles. The number of rotatable bonds is 1. The summed E-state index contributed by atoms with van der Waals surface area (Å²) in [6.45, 7) is -1.69. The van der Waals surface area contributed by atoms with Gasteiger partial charge < -0.3 is 0 Å². The van der Waals surface area contributed by atoms with E-state index in [2.05, 4.69) is 0 Å². The Balaban J connectivity index is 0. The predicted molar refractivity (Wildman–Crippen MR) is 23.4 cm³/mol. The van der Waals surface area contributed by atoms with Crippen LogP contribution in [0.1, 0.15) is 0 Å². The molecule has 0 saturated carbocycles. The van der Waals surface area contributed by atoms with E-state index in [4.69, 9.17) is 0 Å². The average Bonchev–Trinajstić information content (AvgIpc) is 1.89. The molecule has 62 valence electrons. The van der Waals surface area contributed by atoms with Crippen LogP contribution in [0.3, 0.4) is 0 Å². The highest BCUT2D eigenvalue weighted by molar-refractivity contribution is 4.77. The van der Waals surface area contributed by atoms with E-state index in [1.54, 1.807) is 0 Å². The molecule has 0 rings (SSSR count). The Kier molecular flexibility index (Phi) is 10.0. The zero-order valence-corrected chi connectivity index (χ0v) is 4.68. The first-order chi connectivity index (χ1) is 4.56. The summed E-state index contributed by atoms with van der Waals surface area (Å²) in [5, 5.41) is 0. The predicted octanol–water partition coefficient (Wildman–Crippen LogP) is 2.92. The lowest BCUT2D eigenvalue weighted by Gasteiger charge is -1.69. The van der Waals surface area contributed by atoms with Crippen LogP contribution in [0.15, 0.2) is 12.2 Å². The minimum absolute atomic E-state index is 0.847. The summed E-state index contributed by atoms with van der Waals surface area (Å²) >= 11 is 0. The van der Waals surface area contributed by atoms with E-state index in [1.165, 1.54) is 0 Å². The maximum atomic E-state index is 10.3. The van der Waals surface area contributed by atoms with Crippen LogP contribution in [0.4, 0.5) is 26.3 Å². The Hall–Kier alpha value is -0.680. The SMILES string of the molecule is FC(F)=C(F)F.FCCF. The van der Waals surface area contributed by atoms with Gasteiger partial charge in [-0.2, -0.15) is 17.6 Å². The lowest BCUT2D eigenvalue weighted by Crippen LogP contribution is -1.68. The second kappa shape index (κ2) is 8.32.